The number of ether oxygens (including phenoxy) is 1. The summed E-state index contributed by atoms with van der Waals surface area (Å²) in [4.78, 5) is 0. The molecule has 0 heterocycles. The van der Waals surface area contributed by atoms with Crippen molar-refractivity contribution in [2.24, 2.45) is 0 Å². The van der Waals surface area contributed by atoms with Gasteiger partial charge in [0.1, 0.15) is 5.75 Å². The van der Waals surface area contributed by atoms with E-state index in [1.165, 1.54) is 11.1 Å². The monoisotopic (exact) mass is 397 g/mol. The van der Waals surface area contributed by atoms with Crippen LogP contribution in [0.1, 0.15) is 58.1 Å². The van der Waals surface area contributed by atoms with Gasteiger partial charge >= 0.3 is 0 Å². The summed E-state index contributed by atoms with van der Waals surface area (Å²) < 4.78 is 5.25. The molecule has 1 atom stereocenters. The Morgan fingerprint density at radius 3 is 2.36 bits per heavy atom. The summed E-state index contributed by atoms with van der Waals surface area (Å²) in [5.74, 6) is 0.852. The van der Waals surface area contributed by atoms with Gasteiger partial charge in [0.05, 0.1) is 13.2 Å². The molecule has 0 spiro atoms. The van der Waals surface area contributed by atoms with Crippen molar-refractivity contribution < 1.29 is 4.74 Å². The lowest BCUT2D eigenvalue weighted by Crippen LogP contribution is -2.10. The molecule has 0 aliphatic rings. The van der Waals surface area contributed by atoms with Gasteiger partial charge in [0, 0.05) is 10.7 Å². The Hall–Kier alpha value is -2.19. The van der Waals surface area contributed by atoms with E-state index >= 15 is 0 Å². The van der Waals surface area contributed by atoms with Gasteiger partial charge in [-0.15, -0.1) is 0 Å². The lowest BCUT2D eigenvalue weighted by molar-refractivity contribution is 0.415. The zero-order chi connectivity index (χ0) is 20.4. The molecule has 28 heavy (non-hydrogen) atoms. The molecular formula is C25H32ClNO. The fourth-order valence-corrected chi connectivity index (χ4v) is 3.51. The maximum absolute atomic E-state index is 6.49. The second kappa shape index (κ2) is 11.6. The van der Waals surface area contributed by atoms with Crippen LogP contribution in [0.15, 0.2) is 71.8 Å². The molecule has 2 aromatic carbocycles. The first-order valence-electron chi connectivity index (χ1n) is 10.1. The first-order chi connectivity index (χ1) is 13.6. The Morgan fingerprint density at radius 1 is 1.04 bits per heavy atom. The van der Waals surface area contributed by atoms with Crippen LogP contribution in [0.5, 0.6) is 5.75 Å². The van der Waals surface area contributed by atoms with Gasteiger partial charge in [-0.2, -0.15) is 0 Å². The van der Waals surface area contributed by atoms with Crippen LogP contribution in [0.3, 0.4) is 0 Å². The van der Waals surface area contributed by atoms with E-state index in [2.05, 4.69) is 44.3 Å². The number of nitrogens with one attached hydrogen (secondary N) is 1. The van der Waals surface area contributed by atoms with Crippen molar-refractivity contribution in [3.8, 4) is 5.75 Å². The molecule has 0 aliphatic heterocycles. The molecule has 2 rings (SSSR count). The Bertz CT molecular complexity index is 792. The van der Waals surface area contributed by atoms with Crippen molar-refractivity contribution in [1.29, 1.82) is 0 Å². The van der Waals surface area contributed by atoms with Crippen molar-refractivity contribution in [2.45, 2.75) is 52.5 Å². The van der Waals surface area contributed by atoms with Gasteiger partial charge in [0.2, 0.25) is 0 Å². The number of methoxy groups -OCH3 is 1. The number of allylic oxidation sites excluding steroid dienone is 3. The standard InChI is InChI=1S/C25H32ClNO/c1-5-19(3)20(6-2)11-7-10-14-25(23-12-8-9-13-24(23)26)27-21-15-17-22(28-4)18-16-21/h7-10,12-13,15-18,25,27H,5-6,11,14H2,1-4H3/b10-7+,20-19+. The van der Waals surface area contributed by atoms with E-state index < -0.39 is 0 Å². The van der Waals surface area contributed by atoms with E-state index in [-0.39, 0.29) is 6.04 Å². The average Bonchev–Trinajstić information content (AvgIpc) is 2.73. The summed E-state index contributed by atoms with van der Waals surface area (Å²) in [6.45, 7) is 6.70. The quantitative estimate of drug-likeness (QED) is 0.410. The number of hydrogen-bond donors (Lipinski definition) is 1. The minimum absolute atomic E-state index is 0.111. The third-order valence-corrected chi connectivity index (χ3v) is 5.52. The highest BCUT2D eigenvalue weighted by Gasteiger charge is 2.13. The Morgan fingerprint density at radius 2 is 1.75 bits per heavy atom. The van der Waals surface area contributed by atoms with Crippen molar-refractivity contribution >= 4 is 17.3 Å². The van der Waals surface area contributed by atoms with Gasteiger partial charge in [0.25, 0.3) is 0 Å². The van der Waals surface area contributed by atoms with Gasteiger partial charge in [0.15, 0.2) is 0 Å². The predicted molar refractivity (Wildman–Crippen MR) is 122 cm³/mol. The molecule has 0 saturated carbocycles. The van der Waals surface area contributed by atoms with Crippen LogP contribution in [-0.4, -0.2) is 7.11 Å². The molecule has 0 amide bonds. The van der Waals surface area contributed by atoms with Crippen LogP contribution in [0.25, 0.3) is 0 Å². The smallest absolute Gasteiger partial charge is 0.119 e. The summed E-state index contributed by atoms with van der Waals surface area (Å²) in [6, 6.07) is 16.2. The van der Waals surface area contributed by atoms with E-state index in [1.807, 2.05) is 42.5 Å². The zero-order valence-corrected chi connectivity index (χ0v) is 18.2. The van der Waals surface area contributed by atoms with Gasteiger partial charge in [-0.05, 0) is 68.5 Å². The predicted octanol–water partition coefficient (Wildman–Crippen LogP) is 7.97. The Balaban J connectivity index is 2.14. The molecule has 2 nitrogen and oxygen atoms in total. The number of halogens is 1. The Labute approximate surface area is 175 Å². The van der Waals surface area contributed by atoms with Gasteiger partial charge < -0.3 is 10.1 Å². The summed E-state index contributed by atoms with van der Waals surface area (Å²) in [5.41, 5.74) is 5.21. The van der Waals surface area contributed by atoms with Crippen LogP contribution in [0, 0.1) is 0 Å². The number of benzene rings is 2. The summed E-state index contributed by atoms with van der Waals surface area (Å²) in [5, 5.41) is 4.41. The molecule has 2 aromatic rings. The molecule has 0 aromatic heterocycles. The molecule has 0 radical (unpaired) electrons. The number of hydrogen-bond acceptors (Lipinski definition) is 2. The lowest BCUT2D eigenvalue weighted by atomic mass is 9.99. The highest BCUT2D eigenvalue weighted by Crippen LogP contribution is 2.30. The maximum atomic E-state index is 6.49. The fraction of sp³-hybridized carbons (Fsp3) is 0.360. The normalized spacial score (nSPS) is 13.3. The van der Waals surface area contributed by atoms with Crippen molar-refractivity contribution in [1.82, 2.24) is 0 Å². The average molecular weight is 398 g/mol. The largest absolute Gasteiger partial charge is 0.497 e. The van der Waals surface area contributed by atoms with Crippen molar-refractivity contribution in [3.05, 3.63) is 82.4 Å². The minimum atomic E-state index is 0.111. The van der Waals surface area contributed by atoms with Crippen LogP contribution in [-0.2, 0) is 0 Å². The van der Waals surface area contributed by atoms with E-state index in [9.17, 15) is 0 Å². The topological polar surface area (TPSA) is 21.3 Å². The van der Waals surface area contributed by atoms with Gasteiger partial charge in [-0.3, -0.25) is 0 Å². The minimum Gasteiger partial charge on any atom is -0.497 e. The SMILES string of the molecule is CC/C(C)=C(\CC)C/C=C/CC(Nc1ccc(OC)cc1)c1ccccc1Cl. The summed E-state index contributed by atoms with van der Waals surface area (Å²) >= 11 is 6.49. The van der Waals surface area contributed by atoms with E-state index in [0.717, 1.165) is 47.7 Å². The third-order valence-electron chi connectivity index (χ3n) is 5.17. The molecule has 0 saturated heterocycles. The first-order valence-corrected chi connectivity index (χ1v) is 10.4. The van der Waals surface area contributed by atoms with E-state index in [1.54, 1.807) is 7.11 Å². The third kappa shape index (κ3) is 6.45. The van der Waals surface area contributed by atoms with E-state index in [4.69, 9.17) is 16.3 Å². The lowest BCUT2D eigenvalue weighted by Gasteiger charge is -2.20. The van der Waals surface area contributed by atoms with Gasteiger partial charge in [-0.25, -0.2) is 0 Å². The molecule has 0 fully saturated rings. The summed E-state index contributed by atoms with van der Waals surface area (Å²) in [7, 11) is 1.68. The highest BCUT2D eigenvalue weighted by molar-refractivity contribution is 6.31. The second-order valence-electron chi connectivity index (χ2n) is 6.95. The van der Waals surface area contributed by atoms with Crippen LogP contribution in [0.4, 0.5) is 5.69 Å². The van der Waals surface area contributed by atoms with E-state index in [0.29, 0.717) is 0 Å². The number of anilines is 1. The maximum Gasteiger partial charge on any atom is 0.119 e. The van der Waals surface area contributed by atoms with Crippen LogP contribution in [0.2, 0.25) is 5.02 Å². The second-order valence-corrected chi connectivity index (χ2v) is 7.36. The van der Waals surface area contributed by atoms with Crippen LogP contribution >= 0.6 is 11.6 Å². The molecular weight excluding hydrogens is 366 g/mol. The fourth-order valence-electron chi connectivity index (χ4n) is 3.24. The molecule has 150 valence electrons. The van der Waals surface area contributed by atoms with Crippen molar-refractivity contribution in [2.75, 3.05) is 12.4 Å². The first kappa shape index (κ1) is 22.1. The molecule has 3 heteroatoms. The zero-order valence-electron chi connectivity index (χ0n) is 17.5. The molecule has 1 unspecified atom stereocenters. The summed E-state index contributed by atoms with van der Waals surface area (Å²) in [6.07, 6.45) is 8.69. The molecule has 0 aliphatic carbocycles. The molecule has 1 N–H and O–H groups in total. The highest BCUT2D eigenvalue weighted by atomic mass is 35.5. The van der Waals surface area contributed by atoms with Crippen LogP contribution < -0.4 is 10.1 Å². The van der Waals surface area contributed by atoms with Gasteiger partial charge in [-0.1, -0.05) is 66.9 Å². The van der Waals surface area contributed by atoms with Crippen molar-refractivity contribution in [3.63, 3.8) is 0 Å². The number of rotatable bonds is 10. The Kier molecular flexibility index (Phi) is 9.16. The molecule has 0 bridgehead atoms.